The summed E-state index contributed by atoms with van der Waals surface area (Å²) in [5.74, 6) is 0. The molecule has 0 N–H and O–H groups in total. The standard InChI is InChI=1S/C8H15NO/c1-4-8-6-9(3)5-7(2)10-8/h4,7-8H,1,5-6H2,2-3H3/t7-,8-/m1/s1. The van der Waals surface area contributed by atoms with Gasteiger partial charge in [-0.05, 0) is 14.0 Å². The normalized spacial score (nSPS) is 35.8. The molecule has 1 aliphatic heterocycles. The molecule has 1 aliphatic rings. The maximum atomic E-state index is 5.55. The Labute approximate surface area is 62.5 Å². The topological polar surface area (TPSA) is 12.5 Å². The van der Waals surface area contributed by atoms with Crippen molar-refractivity contribution in [1.29, 1.82) is 0 Å². The molecule has 1 saturated heterocycles. The minimum absolute atomic E-state index is 0.230. The minimum atomic E-state index is 0.230. The number of hydrogen-bond donors (Lipinski definition) is 0. The van der Waals surface area contributed by atoms with Crippen LogP contribution in [0, 0.1) is 0 Å². The second-order valence-electron chi connectivity index (χ2n) is 2.94. The van der Waals surface area contributed by atoms with Gasteiger partial charge < -0.3 is 9.64 Å². The van der Waals surface area contributed by atoms with Crippen LogP contribution in [-0.4, -0.2) is 37.2 Å². The van der Waals surface area contributed by atoms with E-state index < -0.39 is 0 Å². The molecule has 0 saturated carbocycles. The predicted molar refractivity (Wildman–Crippen MR) is 42.0 cm³/mol. The van der Waals surface area contributed by atoms with E-state index in [0.717, 1.165) is 13.1 Å². The van der Waals surface area contributed by atoms with Gasteiger partial charge in [0, 0.05) is 13.1 Å². The molecule has 0 aromatic heterocycles. The molecule has 0 aromatic rings. The van der Waals surface area contributed by atoms with Gasteiger partial charge in [0.25, 0.3) is 0 Å². The molecule has 1 heterocycles. The highest BCUT2D eigenvalue weighted by molar-refractivity contribution is 4.86. The van der Waals surface area contributed by atoms with E-state index in [1.54, 1.807) is 0 Å². The van der Waals surface area contributed by atoms with Crippen LogP contribution in [0.25, 0.3) is 0 Å². The molecule has 1 fully saturated rings. The van der Waals surface area contributed by atoms with Crippen LogP contribution in [0.3, 0.4) is 0 Å². The zero-order chi connectivity index (χ0) is 7.56. The first-order valence-electron chi connectivity index (χ1n) is 3.69. The lowest BCUT2D eigenvalue weighted by Crippen LogP contribution is -2.43. The third kappa shape index (κ3) is 1.82. The van der Waals surface area contributed by atoms with Crippen LogP contribution in [0.15, 0.2) is 12.7 Å². The van der Waals surface area contributed by atoms with Gasteiger partial charge in [-0.1, -0.05) is 6.08 Å². The summed E-state index contributed by atoms with van der Waals surface area (Å²) in [6.45, 7) is 7.80. The number of ether oxygens (including phenoxy) is 1. The van der Waals surface area contributed by atoms with Crippen LogP contribution < -0.4 is 0 Å². The summed E-state index contributed by atoms with van der Waals surface area (Å²) in [7, 11) is 2.11. The fraction of sp³-hybridized carbons (Fsp3) is 0.750. The molecule has 2 atom stereocenters. The lowest BCUT2D eigenvalue weighted by Gasteiger charge is -2.32. The minimum Gasteiger partial charge on any atom is -0.369 e. The van der Waals surface area contributed by atoms with Crippen molar-refractivity contribution >= 4 is 0 Å². The van der Waals surface area contributed by atoms with Gasteiger partial charge in [-0.2, -0.15) is 0 Å². The van der Waals surface area contributed by atoms with E-state index in [-0.39, 0.29) is 6.10 Å². The Morgan fingerprint density at radius 2 is 2.30 bits per heavy atom. The third-order valence-electron chi connectivity index (χ3n) is 1.73. The van der Waals surface area contributed by atoms with Crippen molar-refractivity contribution in [3.63, 3.8) is 0 Å². The molecule has 0 unspecified atom stereocenters. The Hall–Kier alpha value is -0.340. The van der Waals surface area contributed by atoms with E-state index in [9.17, 15) is 0 Å². The summed E-state index contributed by atoms with van der Waals surface area (Å²) >= 11 is 0. The van der Waals surface area contributed by atoms with Crippen LogP contribution in [0.5, 0.6) is 0 Å². The van der Waals surface area contributed by atoms with Crippen LogP contribution in [0.2, 0.25) is 0 Å². The maximum Gasteiger partial charge on any atom is 0.0884 e. The molecule has 0 amide bonds. The van der Waals surface area contributed by atoms with Crippen molar-refractivity contribution in [3.05, 3.63) is 12.7 Å². The number of hydrogen-bond acceptors (Lipinski definition) is 2. The number of likely N-dealkylation sites (N-methyl/N-ethyl adjacent to an activating group) is 1. The molecular weight excluding hydrogens is 126 g/mol. The third-order valence-corrected chi connectivity index (χ3v) is 1.73. The molecule has 0 spiro atoms. The number of morpholine rings is 1. The van der Waals surface area contributed by atoms with Gasteiger partial charge >= 0.3 is 0 Å². The monoisotopic (exact) mass is 141 g/mol. The van der Waals surface area contributed by atoms with Gasteiger partial charge in [0.2, 0.25) is 0 Å². The fourth-order valence-electron chi connectivity index (χ4n) is 1.34. The predicted octanol–water partition coefficient (Wildman–Crippen LogP) is 0.891. The summed E-state index contributed by atoms with van der Waals surface area (Å²) in [6, 6.07) is 0. The lowest BCUT2D eigenvalue weighted by atomic mass is 10.2. The second kappa shape index (κ2) is 3.17. The Balaban J connectivity index is 2.42. The van der Waals surface area contributed by atoms with Crippen molar-refractivity contribution < 1.29 is 4.74 Å². The SMILES string of the molecule is C=C[C@@H]1CN(C)C[C@@H](C)O1. The number of nitrogens with zero attached hydrogens (tertiary/aromatic N) is 1. The average molecular weight is 141 g/mol. The molecule has 0 aliphatic carbocycles. The van der Waals surface area contributed by atoms with E-state index in [1.807, 2.05) is 6.08 Å². The fourth-order valence-corrected chi connectivity index (χ4v) is 1.34. The molecule has 58 valence electrons. The van der Waals surface area contributed by atoms with Crippen molar-refractivity contribution in [2.24, 2.45) is 0 Å². The Morgan fingerprint density at radius 3 is 2.80 bits per heavy atom. The maximum absolute atomic E-state index is 5.55. The van der Waals surface area contributed by atoms with E-state index in [2.05, 4.69) is 25.5 Å². The first kappa shape index (κ1) is 7.76. The van der Waals surface area contributed by atoms with E-state index in [1.165, 1.54) is 0 Å². The highest BCUT2D eigenvalue weighted by atomic mass is 16.5. The summed E-state index contributed by atoms with van der Waals surface area (Å²) < 4.78 is 5.55. The summed E-state index contributed by atoms with van der Waals surface area (Å²) in [6.07, 6.45) is 2.45. The quantitative estimate of drug-likeness (QED) is 0.503. The van der Waals surface area contributed by atoms with Gasteiger partial charge in [-0.3, -0.25) is 0 Å². The Bertz CT molecular complexity index is 114. The molecular formula is C8H15NO. The van der Waals surface area contributed by atoms with Crippen molar-refractivity contribution in [3.8, 4) is 0 Å². The van der Waals surface area contributed by atoms with Crippen LogP contribution >= 0.6 is 0 Å². The second-order valence-corrected chi connectivity index (χ2v) is 2.94. The highest BCUT2D eigenvalue weighted by Gasteiger charge is 2.19. The van der Waals surface area contributed by atoms with Crippen molar-refractivity contribution in [2.75, 3.05) is 20.1 Å². The summed E-state index contributed by atoms with van der Waals surface area (Å²) in [5, 5.41) is 0. The lowest BCUT2D eigenvalue weighted by molar-refractivity contribution is -0.0466. The van der Waals surface area contributed by atoms with Crippen molar-refractivity contribution in [2.45, 2.75) is 19.1 Å². The van der Waals surface area contributed by atoms with E-state index >= 15 is 0 Å². The highest BCUT2D eigenvalue weighted by Crippen LogP contribution is 2.08. The zero-order valence-electron chi connectivity index (χ0n) is 6.71. The van der Waals surface area contributed by atoms with Gasteiger partial charge in [0.1, 0.15) is 0 Å². The molecule has 2 nitrogen and oxygen atoms in total. The molecule has 0 aromatic carbocycles. The molecule has 0 radical (unpaired) electrons. The van der Waals surface area contributed by atoms with Crippen LogP contribution in [0.4, 0.5) is 0 Å². The largest absolute Gasteiger partial charge is 0.369 e. The van der Waals surface area contributed by atoms with E-state index in [4.69, 9.17) is 4.74 Å². The van der Waals surface area contributed by atoms with Gasteiger partial charge in [0.05, 0.1) is 12.2 Å². The van der Waals surface area contributed by atoms with Gasteiger partial charge in [-0.15, -0.1) is 6.58 Å². The van der Waals surface area contributed by atoms with Crippen molar-refractivity contribution in [1.82, 2.24) is 4.90 Å². The first-order valence-corrected chi connectivity index (χ1v) is 3.69. The zero-order valence-corrected chi connectivity index (χ0v) is 6.71. The summed E-state index contributed by atoms with van der Waals surface area (Å²) in [4.78, 5) is 2.26. The Morgan fingerprint density at radius 1 is 1.60 bits per heavy atom. The molecule has 10 heavy (non-hydrogen) atoms. The van der Waals surface area contributed by atoms with Gasteiger partial charge in [0.15, 0.2) is 0 Å². The van der Waals surface area contributed by atoms with Gasteiger partial charge in [-0.25, -0.2) is 0 Å². The number of rotatable bonds is 1. The first-order chi connectivity index (χ1) is 4.72. The van der Waals surface area contributed by atoms with E-state index in [0.29, 0.717) is 6.10 Å². The van der Waals surface area contributed by atoms with Crippen LogP contribution in [-0.2, 0) is 4.74 Å². The average Bonchev–Trinajstić information content (AvgIpc) is 1.85. The molecule has 0 bridgehead atoms. The molecule has 2 heteroatoms. The summed E-state index contributed by atoms with van der Waals surface area (Å²) in [5.41, 5.74) is 0. The smallest absolute Gasteiger partial charge is 0.0884 e. The Kier molecular flexibility index (Phi) is 2.46. The molecule has 1 rings (SSSR count). The van der Waals surface area contributed by atoms with Crippen LogP contribution in [0.1, 0.15) is 6.92 Å².